The molecule has 0 atom stereocenters. The number of amides is 1. The van der Waals surface area contributed by atoms with Crippen LogP contribution >= 0.6 is 0 Å². The molecule has 1 saturated carbocycles. The van der Waals surface area contributed by atoms with Crippen molar-refractivity contribution in [3.8, 4) is 0 Å². The fourth-order valence-electron chi connectivity index (χ4n) is 3.86. The first-order valence-electron chi connectivity index (χ1n) is 10.1. The molecule has 1 aliphatic rings. The van der Waals surface area contributed by atoms with Crippen LogP contribution in [0.25, 0.3) is 10.9 Å². The third kappa shape index (κ3) is 4.35. The SMILES string of the molecule is CCCCCNC(=O)c1cc(N(C)C2CCCCC2)nc2ccccc12. The van der Waals surface area contributed by atoms with Crippen molar-refractivity contribution in [3.63, 3.8) is 0 Å². The first-order chi connectivity index (χ1) is 12.7. The van der Waals surface area contributed by atoms with Gasteiger partial charge in [-0.1, -0.05) is 57.2 Å². The third-order valence-corrected chi connectivity index (χ3v) is 5.50. The minimum Gasteiger partial charge on any atom is -0.357 e. The molecule has 1 heterocycles. The van der Waals surface area contributed by atoms with Gasteiger partial charge < -0.3 is 10.2 Å². The summed E-state index contributed by atoms with van der Waals surface area (Å²) >= 11 is 0. The maximum absolute atomic E-state index is 12.8. The topological polar surface area (TPSA) is 45.2 Å². The number of pyridine rings is 1. The van der Waals surface area contributed by atoms with E-state index in [1.54, 1.807) is 0 Å². The number of carbonyl (C=O) groups is 1. The maximum atomic E-state index is 12.8. The number of aromatic nitrogens is 1. The molecule has 4 heteroatoms. The van der Waals surface area contributed by atoms with Gasteiger partial charge >= 0.3 is 0 Å². The number of anilines is 1. The first kappa shape index (κ1) is 18.7. The van der Waals surface area contributed by atoms with Gasteiger partial charge in [0.25, 0.3) is 5.91 Å². The summed E-state index contributed by atoms with van der Waals surface area (Å²) in [7, 11) is 2.12. The number of benzene rings is 1. The number of nitrogens with one attached hydrogen (secondary N) is 1. The molecule has 140 valence electrons. The van der Waals surface area contributed by atoms with Crippen molar-refractivity contribution in [2.24, 2.45) is 0 Å². The van der Waals surface area contributed by atoms with E-state index in [2.05, 4.69) is 24.2 Å². The number of unbranched alkanes of at least 4 members (excludes halogenated alkanes) is 2. The summed E-state index contributed by atoms with van der Waals surface area (Å²) in [4.78, 5) is 19.9. The van der Waals surface area contributed by atoms with Crippen LogP contribution in [0, 0.1) is 0 Å². The van der Waals surface area contributed by atoms with Crippen molar-refractivity contribution in [2.45, 2.75) is 64.3 Å². The van der Waals surface area contributed by atoms with E-state index in [0.717, 1.165) is 48.1 Å². The molecule has 0 spiro atoms. The lowest BCUT2D eigenvalue weighted by atomic mass is 9.94. The molecule has 3 rings (SSSR count). The normalized spacial score (nSPS) is 15.2. The van der Waals surface area contributed by atoms with Crippen molar-refractivity contribution in [2.75, 3.05) is 18.5 Å². The zero-order valence-electron chi connectivity index (χ0n) is 16.1. The lowest BCUT2D eigenvalue weighted by molar-refractivity contribution is 0.0954. The van der Waals surface area contributed by atoms with Crippen molar-refractivity contribution in [1.82, 2.24) is 10.3 Å². The third-order valence-electron chi connectivity index (χ3n) is 5.50. The van der Waals surface area contributed by atoms with E-state index < -0.39 is 0 Å². The fourth-order valence-corrected chi connectivity index (χ4v) is 3.86. The fraction of sp³-hybridized carbons (Fsp3) is 0.545. The Hall–Kier alpha value is -2.10. The Kier molecular flexibility index (Phi) is 6.48. The molecule has 4 nitrogen and oxygen atoms in total. The summed E-state index contributed by atoms with van der Waals surface area (Å²) in [6, 6.07) is 10.5. The van der Waals surface area contributed by atoms with Gasteiger partial charge in [-0.25, -0.2) is 4.98 Å². The lowest BCUT2D eigenvalue weighted by Crippen LogP contribution is -2.34. The molecule has 1 fully saturated rings. The molecule has 0 aliphatic heterocycles. The molecule has 0 radical (unpaired) electrons. The van der Waals surface area contributed by atoms with Gasteiger partial charge in [-0.2, -0.15) is 0 Å². The largest absolute Gasteiger partial charge is 0.357 e. The number of hydrogen-bond acceptors (Lipinski definition) is 3. The van der Waals surface area contributed by atoms with Gasteiger partial charge in [-0.05, 0) is 31.4 Å². The highest BCUT2D eigenvalue weighted by Gasteiger charge is 2.21. The van der Waals surface area contributed by atoms with E-state index in [-0.39, 0.29) is 5.91 Å². The second-order valence-electron chi connectivity index (χ2n) is 7.41. The highest BCUT2D eigenvalue weighted by molar-refractivity contribution is 6.07. The Morgan fingerprint density at radius 2 is 1.96 bits per heavy atom. The average molecular weight is 354 g/mol. The zero-order chi connectivity index (χ0) is 18.4. The van der Waals surface area contributed by atoms with Crippen LogP contribution in [-0.4, -0.2) is 30.5 Å². The molecule has 1 amide bonds. The molecule has 26 heavy (non-hydrogen) atoms. The highest BCUT2D eigenvalue weighted by Crippen LogP contribution is 2.28. The molecule has 1 aliphatic carbocycles. The summed E-state index contributed by atoms with van der Waals surface area (Å²) < 4.78 is 0. The molecule has 0 bridgehead atoms. The Balaban J connectivity index is 1.87. The van der Waals surface area contributed by atoms with Crippen LogP contribution in [0.15, 0.2) is 30.3 Å². The minimum atomic E-state index is 0.0120. The summed E-state index contributed by atoms with van der Waals surface area (Å²) in [5, 5.41) is 4.02. The van der Waals surface area contributed by atoms with Crippen LogP contribution in [0.1, 0.15) is 68.6 Å². The standard InChI is InChI=1S/C22H31N3O/c1-3-4-10-15-23-22(26)19-16-21(24-20-14-9-8-13-18(19)20)25(2)17-11-6-5-7-12-17/h8-9,13-14,16-17H,3-7,10-12,15H2,1-2H3,(H,23,26). The molecule has 0 saturated heterocycles. The molecule has 1 aromatic carbocycles. The van der Waals surface area contributed by atoms with Crippen molar-refractivity contribution in [3.05, 3.63) is 35.9 Å². The van der Waals surface area contributed by atoms with Crippen LogP contribution < -0.4 is 10.2 Å². The van der Waals surface area contributed by atoms with E-state index in [0.29, 0.717) is 6.04 Å². The van der Waals surface area contributed by atoms with E-state index in [4.69, 9.17) is 4.98 Å². The highest BCUT2D eigenvalue weighted by atomic mass is 16.1. The van der Waals surface area contributed by atoms with Crippen LogP contribution in [0.5, 0.6) is 0 Å². The summed E-state index contributed by atoms with van der Waals surface area (Å²) in [6.07, 6.45) is 9.66. The molecule has 1 aromatic heterocycles. The number of carbonyl (C=O) groups excluding carboxylic acids is 1. The maximum Gasteiger partial charge on any atom is 0.252 e. The van der Waals surface area contributed by atoms with Gasteiger partial charge in [0.2, 0.25) is 0 Å². The monoisotopic (exact) mass is 353 g/mol. The zero-order valence-corrected chi connectivity index (χ0v) is 16.1. The van der Waals surface area contributed by atoms with Crippen LogP contribution in [-0.2, 0) is 0 Å². The van der Waals surface area contributed by atoms with Crippen molar-refractivity contribution in [1.29, 1.82) is 0 Å². The number of fused-ring (bicyclic) bond motifs is 1. The van der Waals surface area contributed by atoms with Gasteiger partial charge in [0, 0.05) is 25.0 Å². The summed E-state index contributed by atoms with van der Waals surface area (Å²) in [5.74, 6) is 0.923. The number of hydrogen-bond donors (Lipinski definition) is 1. The van der Waals surface area contributed by atoms with Gasteiger partial charge in [-0.3, -0.25) is 4.79 Å². The quantitative estimate of drug-likeness (QED) is 0.718. The second kappa shape index (κ2) is 9.02. The van der Waals surface area contributed by atoms with Gasteiger partial charge in [0.1, 0.15) is 5.82 Å². The predicted octanol–water partition coefficient (Wildman–Crippen LogP) is 4.92. The molecular formula is C22H31N3O. The molecule has 1 N–H and O–H groups in total. The van der Waals surface area contributed by atoms with Crippen LogP contribution in [0.2, 0.25) is 0 Å². The molecule has 2 aromatic rings. The van der Waals surface area contributed by atoms with E-state index >= 15 is 0 Å². The van der Waals surface area contributed by atoms with Gasteiger partial charge in [-0.15, -0.1) is 0 Å². The number of para-hydroxylation sites is 1. The average Bonchev–Trinajstić information content (AvgIpc) is 2.70. The van der Waals surface area contributed by atoms with Gasteiger partial charge in [0.05, 0.1) is 11.1 Å². The van der Waals surface area contributed by atoms with Gasteiger partial charge in [0.15, 0.2) is 0 Å². The summed E-state index contributed by atoms with van der Waals surface area (Å²) in [6.45, 7) is 2.91. The predicted molar refractivity (Wildman–Crippen MR) is 109 cm³/mol. The van der Waals surface area contributed by atoms with E-state index in [9.17, 15) is 4.79 Å². The van der Waals surface area contributed by atoms with Crippen LogP contribution in [0.4, 0.5) is 5.82 Å². The van der Waals surface area contributed by atoms with Crippen molar-refractivity contribution >= 4 is 22.6 Å². The Morgan fingerprint density at radius 3 is 2.73 bits per heavy atom. The second-order valence-corrected chi connectivity index (χ2v) is 7.41. The van der Waals surface area contributed by atoms with E-state index in [1.165, 1.54) is 32.1 Å². The smallest absolute Gasteiger partial charge is 0.252 e. The summed E-state index contributed by atoms with van der Waals surface area (Å²) in [5.41, 5.74) is 1.64. The van der Waals surface area contributed by atoms with Crippen LogP contribution in [0.3, 0.4) is 0 Å². The Bertz CT molecular complexity index is 737. The van der Waals surface area contributed by atoms with E-state index in [1.807, 2.05) is 30.3 Å². The number of rotatable bonds is 7. The Morgan fingerprint density at radius 1 is 1.19 bits per heavy atom. The minimum absolute atomic E-state index is 0.0120. The lowest BCUT2D eigenvalue weighted by Gasteiger charge is -2.32. The first-order valence-corrected chi connectivity index (χ1v) is 10.1. The molecule has 0 unspecified atom stereocenters. The number of nitrogens with zero attached hydrogens (tertiary/aromatic N) is 2. The molecular weight excluding hydrogens is 322 g/mol. The Labute approximate surface area is 157 Å². The van der Waals surface area contributed by atoms with Crippen molar-refractivity contribution < 1.29 is 4.79 Å².